The van der Waals surface area contributed by atoms with Crippen LogP contribution in [0.15, 0.2) is 48.5 Å². The van der Waals surface area contributed by atoms with Crippen LogP contribution in [0, 0.1) is 0 Å². The van der Waals surface area contributed by atoms with Crippen LogP contribution in [0.2, 0.25) is 0 Å². The number of para-hydroxylation sites is 1. The molecular weight excluding hydrogens is 402 g/mol. The maximum absolute atomic E-state index is 10.2. The molecule has 1 saturated heterocycles. The van der Waals surface area contributed by atoms with Crippen LogP contribution in [0.3, 0.4) is 0 Å². The van der Waals surface area contributed by atoms with Gasteiger partial charge in [0.15, 0.2) is 0 Å². The number of aliphatic hydroxyl groups is 1. The second-order valence-corrected chi connectivity index (χ2v) is 9.15. The first-order valence-corrected chi connectivity index (χ1v) is 11.6. The average molecular weight is 436 g/mol. The van der Waals surface area contributed by atoms with Crippen LogP contribution >= 0.6 is 0 Å². The quantitative estimate of drug-likeness (QED) is 0.596. The predicted octanol–water partition coefficient (Wildman–Crippen LogP) is 3.40. The van der Waals surface area contributed by atoms with Crippen molar-refractivity contribution in [3.63, 3.8) is 0 Å². The van der Waals surface area contributed by atoms with Gasteiger partial charge in [0.1, 0.15) is 18.1 Å². The maximum Gasteiger partial charge on any atom is 0.119 e. The summed E-state index contributed by atoms with van der Waals surface area (Å²) in [7, 11) is 1.72. The molecule has 0 radical (unpaired) electrons. The number of nitrogens with zero attached hydrogens (tertiary/aromatic N) is 2. The Bertz CT molecular complexity index is 1060. The Hall–Kier alpha value is -2.54. The van der Waals surface area contributed by atoms with Crippen LogP contribution in [0.5, 0.6) is 11.5 Å². The molecule has 1 spiro atoms. The highest BCUT2D eigenvalue weighted by molar-refractivity contribution is 5.87. The number of nitrogens with one attached hydrogen (secondary N) is 1. The number of benzene rings is 2. The molecule has 2 aliphatic heterocycles. The zero-order chi connectivity index (χ0) is 22.1. The Labute approximate surface area is 189 Å². The predicted molar refractivity (Wildman–Crippen MR) is 126 cm³/mol. The summed E-state index contributed by atoms with van der Waals surface area (Å²) in [5.41, 5.74) is 3.78. The van der Waals surface area contributed by atoms with Crippen molar-refractivity contribution in [2.24, 2.45) is 0 Å². The molecule has 2 N–H and O–H groups in total. The minimum atomic E-state index is -0.353. The van der Waals surface area contributed by atoms with Gasteiger partial charge in [-0.3, -0.25) is 9.80 Å². The topological polar surface area (TPSA) is 61.0 Å². The summed E-state index contributed by atoms with van der Waals surface area (Å²) in [6.45, 7) is 7.06. The lowest BCUT2D eigenvalue weighted by molar-refractivity contribution is 0.0299. The Balaban J connectivity index is 1.41. The van der Waals surface area contributed by atoms with Gasteiger partial charge < -0.3 is 19.6 Å². The second kappa shape index (κ2) is 8.77. The van der Waals surface area contributed by atoms with Gasteiger partial charge in [-0.1, -0.05) is 18.2 Å². The van der Waals surface area contributed by atoms with E-state index in [1.165, 1.54) is 22.2 Å². The first kappa shape index (κ1) is 21.3. The highest BCUT2D eigenvalue weighted by Crippen LogP contribution is 2.45. The zero-order valence-electron chi connectivity index (χ0n) is 19.0. The number of rotatable bonds is 7. The summed E-state index contributed by atoms with van der Waals surface area (Å²) in [4.78, 5) is 8.77. The number of aromatic amines is 1. The molecule has 32 heavy (non-hydrogen) atoms. The van der Waals surface area contributed by atoms with Crippen LogP contribution in [0.25, 0.3) is 10.9 Å². The summed E-state index contributed by atoms with van der Waals surface area (Å²) in [6, 6.07) is 16.3. The summed E-state index contributed by atoms with van der Waals surface area (Å²) in [5.74, 6) is 1.81. The van der Waals surface area contributed by atoms with E-state index in [0.29, 0.717) is 13.2 Å². The molecular formula is C26H33N3O3. The van der Waals surface area contributed by atoms with Gasteiger partial charge in [-0.05, 0) is 55.7 Å². The molecule has 0 saturated carbocycles. The van der Waals surface area contributed by atoms with Crippen molar-refractivity contribution < 1.29 is 14.6 Å². The van der Waals surface area contributed by atoms with Crippen LogP contribution in [0.4, 0.5) is 0 Å². The maximum atomic E-state index is 10.2. The van der Waals surface area contributed by atoms with E-state index in [0.717, 1.165) is 50.5 Å². The summed E-state index contributed by atoms with van der Waals surface area (Å²) in [5, 5.41) is 11.5. The number of hydrogen-bond acceptors (Lipinski definition) is 5. The molecule has 0 aliphatic carbocycles. The third-order valence-electron chi connectivity index (χ3n) is 7.05. The third-order valence-corrected chi connectivity index (χ3v) is 7.05. The van der Waals surface area contributed by atoms with Crippen LogP contribution in [0.1, 0.15) is 24.6 Å². The number of H-pyrrole nitrogens is 1. The number of likely N-dealkylation sites (tertiary alicyclic amines) is 1. The molecule has 6 nitrogen and oxygen atoms in total. The minimum Gasteiger partial charge on any atom is -0.497 e. The van der Waals surface area contributed by atoms with Gasteiger partial charge in [0.25, 0.3) is 0 Å². The standard InChI is InChI=1S/C26H33N3O3/c1-19(30)17-29-12-10-22-23-16-21(31-2)8-9-24(23)27-25(22)26(29)11-13-28(18-26)14-15-32-20-6-4-3-5-7-20/h3-9,16,19,27,30H,10-15,17-18H2,1-2H3. The van der Waals surface area contributed by atoms with Gasteiger partial charge in [-0.2, -0.15) is 0 Å². The summed E-state index contributed by atoms with van der Waals surface area (Å²) >= 11 is 0. The van der Waals surface area contributed by atoms with Crippen molar-refractivity contribution >= 4 is 10.9 Å². The van der Waals surface area contributed by atoms with Crippen molar-refractivity contribution in [2.75, 3.05) is 46.4 Å². The van der Waals surface area contributed by atoms with Crippen LogP contribution in [-0.2, 0) is 12.0 Å². The van der Waals surface area contributed by atoms with E-state index in [4.69, 9.17) is 9.47 Å². The number of fused-ring (bicyclic) bond motifs is 4. The lowest BCUT2D eigenvalue weighted by Crippen LogP contribution is -2.54. The second-order valence-electron chi connectivity index (χ2n) is 9.15. The molecule has 6 heteroatoms. The Kier molecular flexibility index (Phi) is 5.84. The fourth-order valence-corrected chi connectivity index (χ4v) is 5.55. The van der Waals surface area contributed by atoms with E-state index in [1.54, 1.807) is 7.11 Å². The van der Waals surface area contributed by atoms with E-state index in [2.05, 4.69) is 26.9 Å². The van der Waals surface area contributed by atoms with Gasteiger partial charge in [0.2, 0.25) is 0 Å². The molecule has 2 aromatic carbocycles. The Morgan fingerprint density at radius 3 is 2.75 bits per heavy atom. The summed E-state index contributed by atoms with van der Waals surface area (Å²) < 4.78 is 11.5. The molecule has 3 aromatic rings. The molecule has 2 unspecified atom stereocenters. The molecule has 5 rings (SSSR count). The molecule has 3 heterocycles. The van der Waals surface area contributed by atoms with E-state index < -0.39 is 0 Å². The largest absolute Gasteiger partial charge is 0.497 e. The van der Waals surface area contributed by atoms with Crippen molar-refractivity contribution in [3.8, 4) is 11.5 Å². The fourth-order valence-electron chi connectivity index (χ4n) is 5.55. The lowest BCUT2D eigenvalue weighted by Gasteiger charge is -2.45. The highest BCUT2D eigenvalue weighted by Gasteiger charge is 2.49. The van der Waals surface area contributed by atoms with Crippen molar-refractivity contribution in [3.05, 3.63) is 59.8 Å². The number of hydrogen-bond donors (Lipinski definition) is 2. The van der Waals surface area contributed by atoms with E-state index in [9.17, 15) is 5.11 Å². The fraction of sp³-hybridized carbons (Fsp3) is 0.462. The normalized spacial score (nSPS) is 22.3. The SMILES string of the molecule is COc1ccc2[nH]c3c(c2c1)CCN(CC(C)O)C31CCN(CCOc2ccccc2)C1. The molecule has 1 fully saturated rings. The van der Waals surface area contributed by atoms with Gasteiger partial charge in [0.05, 0.1) is 18.8 Å². The number of aliphatic hydroxyl groups excluding tert-OH is 1. The Morgan fingerprint density at radius 1 is 1.12 bits per heavy atom. The highest BCUT2D eigenvalue weighted by atomic mass is 16.5. The third kappa shape index (κ3) is 3.87. The van der Waals surface area contributed by atoms with Crippen molar-refractivity contribution in [1.29, 1.82) is 0 Å². The Morgan fingerprint density at radius 2 is 1.97 bits per heavy atom. The lowest BCUT2D eigenvalue weighted by atomic mass is 9.83. The molecule has 1 aromatic heterocycles. The van der Waals surface area contributed by atoms with Gasteiger partial charge in [-0.15, -0.1) is 0 Å². The molecule has 2 atom stereocenters. The van der Waals surface area contributed by atoms with E-state index in [-0.39, 0.29) is 11.6 Å². The van der Waals surface area contributed by atoms with Crippen LogP contribution in [-0.4, -0.2) is 72.4 Å². The van der Waals surface area contributed by atoms with Gasteiger partial charge in [-0.25, -0.2) is 0 Å². The molecule has 2 aliphatic rings. The van der Waals surface area contributed by atoms with Gasteiger partial charge in [0, 0.05) is 49.3 Å². The van der Waals surface area contributed by atoms with Crippen molar-refractivity contribution in [2.45, 2.75) is 31.4 Å². The van der Waals surface area contributed by atoms with Crippen molar-refractivity contribution in [1.82, 2.24) is 14.8 Å². The van der Waals surface area contributed by atoms with E-state index >= 15 is 0 Å². The average Bonchev–Trinajstić information content (AvgIpc) is 3.39. The number of aromatic nitrogens is 1. The minimum absolute atomic E-state index is 0.108. The molecule has 0 amide bonds. The van der Waals surface area contributed by atoms with Crippen LogP contribution < -0.4 is 9.47 Å². The van der Waals surface area contributed by atoms with Gasteiger partial charge >= 0.3 is 0 Å². The summed E-state index contributed by atoms with van der Waals surface area (Å²) in [6.07, 6.45) is 1.67. The first-order chi connectivity index (χ1) is 15.6. The smallest absolute Gasteiger partial charge is 0.119 e. The molecule has 170 valence electrons. The number of β-amino-alcohol motifs (C(OH)–C–C–N with tert-alkyl or cyclic N) is 1. The zero-order valence-corrected chi connectivity index (χ0v) is 19.0. The monoisotopic (exact) mass is 435 g/mol. The molecule has 0 bridgehead atoms. The van der Waals surface area contributed by atoms with E-state index in [1.807, 2.05) is 43.3 Å². The number of methoxy groups -OCH3 is 1. The number of ether oxygens (including phenoxy) is 2. The first-order valence-electron chi connectivity index (χ1n) is 11.6.